The SMILES string of the molecule is COc1ccc(S(=O)(=O)/C(=C\c2c(F)c(F)c(F)c(F)c2F)[N+](=O)[O-])cc1OC. The molecule has 0 radical (unpaired) electrons. The van der Waals surface area contributed by atoms with E-state index < -0.39 is 59.3 Å². The number of nitrogens with zero attached hydrogens (tertiary/aromatic N) is 1. The molecule has 156 valence electrons. The van der Waals surface area contributed by atoms with Crippen molar-refractivity contribution in [2.75, 3.05) is 14.2 Å². The zero-order valence-corrected chi connectivity index (χ0v) is 15.3. The van der Waals surface area contributed by atoms with Gasteiger partial charge in [-0.25, -0.2) is 30.4 Å². The highest BCUT2D eigenvalue weighted by Crippen LogP contribution is 2.33. The van der Waals surface area contributed by atoms with E-state index in [0.29, 0.717) is 0 Å². The largest absolute Gasteiger partial charge is 0.493 e. The van der Waals surface area contributed by atoms with Crippen molar-refractivity contribution in [1.29, 1.82) is 0 Å². The zero-order valence-electron chi connectivity index (χ0n) is 14.5. The highest BCUT2D eigenvalue weighted by atomic mass is 32.2. The van der Waals surface area contributed by atoms with Gasteiger partial charge in [-0.05, 0) is 12.1 Å². The Morgan fingerprint density at radius 2 is 1.41 bits per heavy atom. The molecule has 7 nitrogen and oxygen atoms in total. The van der Waals surface area contributed by atoms with Crippen molar-refractivity contribution >= 4 is 15.9 Å². The molecule has 0 aliphatic rings. The Hall–Kier alpha value is -3.22. The summed E-state index contributed by atoms with van der Waals surface area (Å²) >= 11 is 0. The Kier molecular flexibility index (Phi) is 6.11. The number of hydrogen-bond donors (Lipinski definition) is 0. The number of hydrogen-bond acceptors (Lipinski definition) is 6. The van der Waals surface area contributed by atoms with E-state index in [1.807, 2.05) is 0 Å². The molecular formula is C16H10F5NO6S. The summed E-state index contributed by atoms with van der Waals surface area (Å²) in [6.45, 7) is 0. The first-order valence-electron chi connectivity index (χ1n) is 7.32. The van der Waals surface area contributed by atoms with Gasteiger partial charge in [0.2, 0.25) is 5.82 Å². The number of benzene rings is 2. The molecule has 0 atom stereocenters. The monoisotopic (exact) mass is 439 g/mol. The maximum atomic E-state index is 13.8. The molecule has 0 N–H and O–H groups in total. The second kappa shape index (κ2) is 8.03. The van der Waals surface area contributed by atoms with Crippen LogP contribution in [0, 0.1) is 39.2 Å². The lowest BCUT2D eigenvalue weighted by Crippen LogP contribution is -2.14. The predicted octanol–water partition coefficient (Wildman–Crippen LogP) is 3.45. The standard InChI is InChI=1S/C16H10F5NO6S/c1-27-9-4-3-7(5-10(9)28-2)29(25,26)11(22(23)24)6-8-12(17)14(19)16(21)15(20)13(8)18/h3-6H,1-2H3/b11-6-. The minimum atomic E-state index is -5.07. The maximum absolute atomic E-state index is 13.8. The van der Waals surface area contributed by atoms with Crippen LogP contribution >= 0.6 is 0 Å². The zero-order chi connectivity index (χ0) is 22.1. The van der Waals surface area contributed by atoms with Gasteiger partial charge in [-0.2, -0.15) is 0 Å². The minimum absolute atomic E-state index is 0.0675. The molecule has 13 heteroatoms. The maximum Gasteiger partial charge on any atom is 0.364 e. The van der Waals surface area contributed by atoms with Gasteiger partial charge in [-0.15, -0.1) is 0 Å². The second-order valence-corrected chi connectivity index (χ2v) is 7.14. The molecule has 0 saturated heterocycles. The van der Waals surface area contributed by atoms with Gasteiger partial charge in [0.1, 0.15) is 0 Å². The van der Waals surface area contributed by atoms with E-state index in [1.165, 1.54) is 7.11 Å². The summed E-state index contributed by atoms with van der Waals surface area (Å²) < 4.78 is 102. The van der Waals surface area contributed by atoms with Crippen LogP contribution in [-0.4, -0.2) is 27.6 Å². The van der Waals surface area contributed by atoms with Gasteiger partial charge < -0.3 is 9.47 Å². The molecule has 0 aliphatic heterocycles. The minimum Gasteiger partial charge on any atom is -0.493 e. The number of sulfone groups is 1. The molecule has 2 aromatic rings. The third-order valence-corrected chi connectivity index (χ3v) is 5.32. The van der Waals surface area contributed by atoms with E-state index in [-0.39, 0.29) is 17.6 Å². The van der Waals surface area contributed by atoms with E-state index in [4.69, 9.17) is 9.47 Å². The average Bonchev–Trinajstić information content (AvgIpc) is 2.69. The molecule has 0 aromatic heterocycles. The molecule has 0 amide bonds. The Morgan fingerprint density at radius 1 is 0.931 bits per heavy atom. The molecule has 0 aliphatic carbocycles. The quantitative estimate of drug-likeness (QED) is 0.225. The average molecular weight is 439 g/mol. The van der Waals surface area contributed by atoms with E-state index in [0.717, 1.165) is 25.3 Å². The van der Waals surface area contributed by atoms with Crippen LogP contribution in [0.4, 0.5) is 22.0 Å². The predicted molar refractivity (Wildman–Crippen MR) is 87.9 cm³/mol. The Labute approximate surface area is 160 Å². The third-order valence-electron chi connectivity index (χ3n) is 3.63. The fourth-order valence-electron chi connectivity index (χ4n) is 2.20. The lowest BCUT2D eigenvalue weighted by atomic mass is 10.1. The Balaban J connectivity index is 2.78. The summed E-state index contributed by atoms with van der Waals surface area (Å²) in [6.07, 6.45) is -0.248. The van der Waals surface area contributed by atoms with Crippen molar-refractivity contribution in [2.24, 2.45) is 0 Å². The van der Waals surface area contributed by atoms with Crippen LogP contribution < -0.4 is 9.47 Å². The molecule has 0 spiro atoms. The number of halogens is 5. The molecule has 0 saturated carbocycles. The molecule has 29 heavy (non-hydrogen) atoms. The summed E-state index contributed by atoms with van der Waals surface area (Å²) in [5.74, 6) is -12.2. The number of methoxy groups -OCH3 is 2. The van der Waals surface area contributed by atoms with Gasteiger partial charge in [0, 0.05) is 12.1 Å². The van der Waals surface area contributed by atoms with Crippen LogP contribution in [0.2, 0.25) is 0 Å². The van der Waals surface area contributed by atoms with Crippen molar-refractivity contribution in [3.8, 4) is 11.5 Å². The first-order valence-corrected chi connectivity index (χ1v) is 8.80. The highest BCUT2D eigenvalue weighted by molar-refractivity contribution is 7.95. The van der Waals surface area contributed by atoms with Gasteiger partial charge >= 0.3 is 5.03 Å². The summed E-state index contributed by atoms with van der Waals surface area (Å²) in [6, 6.07) is 2.78. The van der Waals surface area contributed by atoms with E-state index >= 15 is 0 Å². The van der Waals surface area contributed by atoms with E-state index in [2.05, 4.69) is 0 Å². The van der Waals surface area contributed by atoms with Crippen LogP contribution in [0.25, 0.3) is 6.08 Å². The number of rotatable bonds is 6. The lowest BCUT2D eigenvalue weighted by Gasteiger charge is -2.09. The summed E-state index contributed by atoms with van der Waals surface area (Å²) in [4.78, 5) is 8.97. The van der Waals surface area contributed by atoms with Crippen LogP contribution in [-0.2, 0) is 9.84 Å². The van der Waals surface area contributed by atoms with Gasteiger partial charge in [0.15, 0.2) is 34.8 Å². The smallest absolute Gasteiger partial charge is 0.364 e. The Bertz CT molecular complexity index is 1100. The van der Waals surface area contributed by atoms with E-state index in [9.17, 15) is 40.5 Å². The van der Waals surface area contributed by atoms with Gasteiger partial charge in [-0.3, -0.25) is 10.1 Å². The summed E-state index contributed by atoms with van der Waals surface area (Å²) in [5.41, 5.74) is -1.78. The molecule has 0 unspecified atom stereocenters. The first kappa shape index (κ1) is 22.1. The topological polar surface area (TPSA) is 95.7 Å². The van der Waals surface area contributed by atoms with Gasteiger partial charge in [0.05, 0.1) is 29.6 Å². The van der Waals surface area contributed by atoms with Crippen molar-refractivity contribution in [1.82, 2.24) is 0 Å². The van der Waals surface area contributed by atoms with Crippen LogP contribution in [0.5, 0.6) is 11.5 Å². The molecule has 2 aromatic carbocycles. The van der Waals surface area contributed by atoms with Crippen molar-refractivity contribution in [3.05, 3.63) is 68.0 Å². The van der Waals surface area contributed by atoms with Crippen LogP contribution in [0.1, 0.15) is 5.56 Å². The number of ether oxygens (including phenoxy) is 2. The lowest BCUT2D eigenvalue weighted by molar-refractivity contribution is -0.410. The van der Waals surface area contributed by atoms with Crippen LogP contribution in [0.15, 0.2) is 28.1 Å². The van der Waals surface area contributed by atoms with Gasteiger partial charge in [0.25, 0.3) is 9.84 Å². The van der Waals surface area contributed by atoms with Crippen molar-refractivity contribution < 1.29 is 44.8 Å². The summed E-state index contributed by atoms with van der Waals surface area (Å²) in [5, 5.41) is 9.43. The van der Waals surface area contributed by atoms with Crippen molar-refractivity contribution in [3.63, 3.8) is 0 Å². The normalized spacial score (nSPS) is 12.0. The molecule has 0 bridgehead atoms. The fourth-order valence-corrected chi connectivity index (χ4v) is 3.43. The fraction of sp³-hybridized carbons (Fsp3) is 0.125. The third kappa shape index (κ3) is 3.85. The molecular weight excluding hydrogens is 429 g/mol. The van der Waals surface area contributed by atoms with E-state index in [1.54, 1.807) is 0 Å². The highest BCUT2D eigenvalue weighted by Gasteiger charge is 2.35. The second-order valence-electron chi connectivity index (χ2n) is 5.24. The molecule has 2 rings (SSSR count). The number of nitro groups is 1. The van der Waals surface area contributed by atoms with Crippen molar-refractivity contribution in [2.45, 2.75) is 4.90 Å². The summed E-state index contributed by atoms with van der Waals surface area (Å²) in [7, 11) is -2.69. The molecule has 0 heterocycles. The van der Waals surface area contributed by atoms with Gasteiger partial charge in [-0.1, -0.05) is 0 Å². The molecule has 0 fully saturated rings. The van der Waals surface area contributed by atoms with Crippen LogP contribution in [0.3, 0.4) is 0 Å². The first-order chi connectivity index (χ1) is 13.5. The Morgan fingerprint density at radius 3 is 1.86 bits per heavy atom.